The van der Waals surface area contributed by atoms with E-state index in [4.69, 9.17) is 0 Å². The maximum absolute atomic E-state index is 11.9. The van der Waals surface area contributed by atoms with Crippen molar-refractivity contribution in [2.24, 2.45) is 11.8 Å². The van der Waals surface area contributed by atoms with Crippen molar-refractivity contribution < 1.29 is 9.90 Å². The van der Waals surface area contributed by atoms with E-state index in [-0.39, 0.29) is 6.10 Å². The molecule has 194 valence electrons. The lowest BCUT2D eigenvalue weighted by atomic mass is 10.0. The van der Waals surface area contributed by atoms with Crippen molar-refractivity contribution in [3.8, 4) is 20.9 Å². The minimum Gasteiger partial charge on any atom is -0.388 e. The van der Waals surface area contributed by atoms with Crippen LogP contribution < -0.4 is 0 Å². The van der Waals surface area contributed by atoms with E-state index < -0.39 is 0 Å². The lowest BCUT2D eigenvalue weighted by Crippen LogP contribution is -1.99. The molecule has 2 aliphatic carbocycles. The lowest BCUT2D eigenvalue weighted by Gasteiger charge is -2.10. The summed E-state index contributed by atoms with van der Waals surface area (Å²) in [4.78, 5) is 14.4. The molecule has 2 heterocycles. The molecule has 0 spiro atoms. The number of carbonyl (C=O) groups excluding carboxylic acids is 1. The van der Waals surface area contributed by atoms with Crippen LogP contribution in [0.1, 0.15) is 60.6 Å². The maximum atomic E-state index is 11.9. The Bertz CT molecular complexity index is 1190. The van der Waals surface area contributed by atoms with Crippen LogP contribution in [0.25, 0.3) is 20.9 Å². The zero-order chi connectivity index (χ0) is 26.0. The number of carbonyl (C=O) groups is 1. The van der Waals surface area contributed by atoms with Crippen LogP contribution in [0.15, 0.2) is 83.6 Å². The van der Waals surface area contributed by atoms with Gasteiger partial charge in [-0.15, -0.1) is 31.3 Å². The van der Waals surface area contributed by atoms with Gasteiger partial charge in [0.2, 0.25) is 0 Å². The van der Waals surface area contributed by atoms with Gasteiger partial charge in [0, 0.05) is 21.7 Å². The van der Waals surface area contributed by atoms with Gasteiger partial charge in [-0.05, 0) is 84.0 Å². The highest BCUT2D eigenvalue weighted by Gasteiger charge is 2.25. The van der Waals surface area contributed by atoms with Crippen LogP contribution in [0.3, 0.4) is 0 Å². The molecule has 2 saturated carbocycles. The molecular formula is C32H37O2PS2. The first-order chi connectivity index (χ1) is 18.1. The fourth-order valence-corrected chi connectivity index (χ4v) is 5.55. The fraction of sp³-hybridized carbons (Fsp3) is 0.344. The standard InChI is InChI=1S/C15H16OS.C15H14OS.C2H7P/c2*16-14(10-11-3-4-11)12-5-7-13(8-6-12)15-2-1-9-17-15;1-3-2/h1-2,5-9,11,14,16H,3-4,10H2;1-2,5-9,11H,3-4,10H2;3H,1-2H3. The fourth-order valence-electron chi connectivity index (χ4n) is 4.08. The SMILES string of the molecule is CPC.O=C(CC1CC1)c1ccc(-c2cccs2)cc1.OC(CC1CC1)c1ccc(-c2cccs2)cc1. The molecule has 2 aliphatic rings. The Morgan fingerprint density at radius 1 is 0.811 bits per heavy atom. The van der Waals surface area contributed by atoms with Gasteiger partial charge in [0.25, 0.3) is 0 Å². The topological polar surface area (TPSA) is 37.3 Å². The Labute approximate surface area is 231 Å². The Kier molecular flexibility index (Phi) is 10.7. The van der Waals surface area contributed by atoms with Gasteiger partial charge in [-0.1, -0.05) is 73.5 Å². The average Bonchev–Trinajstić information content (AvgIpc) is 3.78. The Balaban J connectivity index is 0.000000157. The molecule has 4 aromatic rings. The smallest absolute Gasteiger partial charge is 0.163 e. The first kappa shape index (κ1) is 27.9. The number of thiophene rings is 2. The summed E-state index contributed by atoms with van der Waals surface area (Å²) >= 11 is 3.47. The molecule has 2 nitrogen and oxygen atoms in total. The van der Waals surface area contributed by atoms with E-state index in [0.717, 1.165) is 38.5 Å². The summed E-state index contributed by atoms with van der Waals surface area (Å²) in [5.74, 6) is 1.73. The number of rotatable bonds is 8. The molecule has 1 N–H and O–H groups in total. The van der Waals surface area contributed by atoms with E-state index in [2.05, 4.69) is 66.6 Å². The molecule has 0 aliphatic heterocycles. The molecule has 0 bridgehead atoms. The number of ketones is 1. The van der Waals surface area contributed by atoms with Crippen LogP contribution in [-0.2, 0) is 0 Å². The van der Waals surface area contributed by atoms with Crippen LogP contribution in [0.2, 0.25) is 0 Å². The quantitative estimate of drug-likeness (QED) is 0.176. The predicted octanol–water partition coefficient (Wildman–Crippen LogP) is 9.57. The van der Waals surface area contributed by atoms with E-state index in [0.29, 0.717) is 11.7 Å². The molecule has 1 atom stereocenters. The van der Waals surface area contributed by atoms with Gasteiger partial charge in [0.15, 0.2) is 5.78 Å². The largest absolute Gasteiger partial charge is 0.388 e. The monoisotopic (exact) mass is 548 g/mol. The highest BCUT2D eigenvalue weighted by Crippen LogP contribution is 2.38. The van der Waals surface area contributed by atoms with Crippen molar-refractivity contribution in [2.45, 2.75) is 44.6 Å². The zero-order valence-electron chi connectivity index (χ0n) is 21.7. The number of hydrogen-bond donors (Lipinski definition) is 1. The molecule has 37 heavy (non-hydrogen) atoms. The van der Waals surface area contributed by atoms with Crippen molar-refractivity contribution in [1.82, 2.24) is 0 Å². The van der Waals surface area contributed by atoms with E-state index in [1.165, 1.54) is 46.6 Å². The summed E-state index contributed by atoms with van der Waals surface area (Å²) in [5.41, 5.74) is 4.35. The molecule has 2 fully saturated rings. The van der Waals surface area contributed by atoms with Gasteiger partial charge in [-0.25, -0.2) is 0 Å². The lowest BCUT2D eigenvalue weighted by molar-refractivity contribution is 0.0976. The maximum Gasteiger partial charge on any atom is 0.163 e. The first-order valence-electron chi connectivity index (χ1n) is 13.1. The van der Waals surface area contributed by atoms with Gasteiger partial charge in [0.1, 0.15) is 0 Å². The van der Waals surface area contributed by atoms with Crippen LogP contribution in [0.5, 0.6) is 0 Å². The molecule has 2 aromatic heterocycles. The van der Waals surface area contributed by atoms with E-state index in [1.54, 1.807) is 22.7 Å². The van der Waals surface area contributed by atoms with Crippen molar-refractivity contribution in [1.29, 1.82) is 0 Å². The summed E-state index contributed by atoms with van der Waals surface area (Å²) in [6.07, 6.45) is 6.45. The van der Waals surface area contributed by atoms with E-state index in [9.17, 15) is 9.90 Å². The van der Waals surface area contributed by atoms with Gasteiger partial charge in [0.05, 0.1) is 6.10 Å². The molecule has 0 saturated heterocycles. The first-order valence-corrected chi connectivity index (χ1v) is 16.9. The number of benzene rings is 2. The minimum absolute atomic E-state index is 0.278. The molecule has 6 rings (SSSR count). The Hall–Kier alpha value is -2.10. The molecule has 2 aromatic carbocycles. The third-order valence-corrected chi connectivity index (χ3v) is 8.38. The molecule has 0 amide bonds. The Morgan fingerprint density at radius 3 is 1.73 bits per heavy atom. The second kappa shape index (κ2) is 14.2. The summed E-state index contributed by atoms with van der Waals surface area (Å²) in [7, 11) is 1.08. The van der Waals surface area contributed by atoms with E-state index in [1.807, 2.05) is 30.3 Å². The number of hydrogen-bond acceptors (Lipinski definition) is 4. The van der Waals surface area contributed by atoms with Crippen molar-refractivity contribution in [3.05, 3.63) is 94.7 Å². The summed E-state index contributed by atoms with van der Waals surface area (Å²) in [6.45, 7) is 4.31. The van der Waals surface area contributed by atoms with Crippen molar-refractivity contribution >= 4 is 37.0 Å². The van der Waals surface area contributed by atoms with Gasteiger partial charge >= 0.3 is 0 Å². The predicted molar refractivity (Wildman–Crippen MR) is 164 cm³/mol. The van der Waals surface area contributed by atoms with Crippen LogP contribution >= 0.6 is 31.3 Å². The number of aliphatic hydroxyl groups is 1. The molecule has 5 heteroatoms. The van der Waals surface area contributed by atoms with Crippen LogP contribution in [0, 0.1) is 11.8 Å². The molecule has 0 radical (unpaired) electrons. The summed E-state index contributed by atoms with van der Waals surface area (Å²) in [6, 6.07) is 24.7. The van der Waals surface area contributed by atoms with Crippen LogP contribution in [-0.4, -0.2) is 24.2 Å². The number of aliphatic hydroxyl groups excluding tert-OH is 1. The van der Waals surface area contributed by atoms with Gasteiger partial charge in [-0.2, -0.15) is 0 Å². The van der Waals surface area contributed by atoms with Crippen molar-refractivity contribution in [3.63, 3.8) is 0 Å². The normalized spacial score (nSPS) is 15.1. The van der Waals surface area contributed by atoms with Crippen molar-refractivity contribution in [2.75, 3.05) is 13.3 Å². The summed E-state index contributed by atoms with van der Waals surface area (Å²) < 4.78 is 0. The molecular weight excluding hydrogens is 511 g/mol. The highest BCUT2D eigenvalue weighted by molar-refractivity contribution is 7.35. The van der Waals surface area contributed by atoms with E-state index >= 15 is 0 Å². The molecule has 1 unspecified atom stereocenters. The highest BCUT2D eigenvalue weighted by atomic mass is 32.1. The van der Waals surface area contributed by atoms with Crippen LogP contribution in [0.4, 0.5) is 0 Å². The van der Waals surface area contributed by atoms with Gasteiger partial charge in [-0.3, -0.25) is 4.79 Å². The second-order valence-corrected chi connectivity index (χ2v) is 12.8. The summed E-state index contributed by atoms with van der Waals surface area (Å²) in [5, 5.41) is 14.2. The third kappa shape index (κ3) is 9.00. The third-order valence-electron chi connectivity index (χ3n) is 6.54. The Morgan fingerprint density at radius 2 is 1.30 bits per heavy atom. The minimum atomic E-state index is -0.278. The second-order valence-electron chi connectivity index (χ2n) is 9.92. The number of Topliss-reactive ketones (excluding diaryl/α,β-unsaturated/α-hetero) is 1. The zero-order valence-corrected chi connectivity index (χ0v) is 24.4. The van der Waals surface area contributed by atoms with Gasteiger partial charge < -0.3 is 5.11 Å². The average molecular weight is 549 g/mol.